The van der Waals surface area contributed by atoms with Gasteiger partial charge in [0.05, 0.1) is 0 Å². The molecule has 1 aromatic carbocycles. The highest BCUT2D eigenvalue weighted by molar-refractivity contribution is 6.30. The van der Waals surface area contributed by atoms with E-state index in [1.807, 2.05) is 19.1 Å². The molecule has 0 amide bonds. The van der Waals surface area contributed by atoms with Crippen LogP contribution in [0.5, 0.6) is 0 Å². The first-order chi connectivity index (χ1) is 9.11. The lowest BCUT2D eigenvalue weighted by Gasteiger charge is -2.19. The molecule has 0 heterocycles. The summed E-state index contributed by atoms with van der Waals surface area (Å²) in [4.78, 5) is 0. The molecule has 108 valence electrons. The molecule has 1 rings (SSSR count). The summed E-state index contributed by atoms with van der Waals surface area (Å²) >= 11 is 6.04. The second kappa shape index (κ2) is 9.35. The number of ether oxygens (including phenoxy) is 1. The maximum Gasteiger partial charge on any atom is 0.0469 e. The predicted octanol–water partition coefficient (Wildman–Crippen LogP) is 3.92. The van der Waals surface area contributed by atoms with Crippen LogP contribution < -0.4 is 5.32 Å². The van der Waals surface area contributed by atoms with E-state index >= 15 is 0 Å². The van der Waals surface area contributed by atoms with Gasteiger partial charge < -0.3 is 10.1 Å². The van der Waals surface area contributed by atoms with Crippen molar-refractivity contribution in [2.75, 3.05) is 19.8 Å². The molecule has 0 radical (unpaired) electrons. The fourth-order valence-electron chi connectivity index (χ4n) is 2.07. The third-order valence-corrected chi connectivity index (χ3v) is 3.34. The minimum absolute atomic E-state index is 0.522. The summed E-state index contributed by atoms with van der Waals surface area (Å²) < 4.78 is 5.48. The van der Waals surface area contributed by atoms with Gasteiger partial charge in [0.25, 0.3) is 0 Å². The van der Waals surface area contributed by atoms with Gasteiger partial charge in [-0.05, 0) is 49.9 Å². The molecule has 1 unspecified atom stereocenters. The van der Waals surface area contributed by atoms with E-state index in [1.165, 1.54) is 5.56 Å². The SMILES string of the molecule is CCOCCC(CNC(C)C)Cc1cccc(Cl)c1. The van der Waals surface area contributed by atoms with Gasteiger partial charge in [0, 0.05) is 24.3 Å². The Morgan fingerprint density at radius 2 is 2.11 bits per heavy atom. The van der Waals surface area contributed by atoms with Gasteiger partial charge in [-0.25, -0.2) is 0 Å². The highest BCUT2D eigenvalue weighted by Gasteiger charge is 2.10. The summed E-state index contributed by atoms with van der Waals surface area (Å²) in [5.74, 6) is 0.590. The van der Waals surface area contributed by atoms with Gasteiger partial charge in [0.15, 0.2) is 0 Å². The number of nitrogens with one attached hydrogen (secondary N) is 1. The maximum absolute atomic E-state index is 6.04. The van der Waals surface area contributed by atoms with E-state index in [-0.39, 0.29) is 0 Å². The van der Waals surface area contributed by atoms with Crippen LogP contribution in [0.25, 0.3) is 0 Å². The first kappa shape index (κ1) is 16.5. The number of benzene rings is 1. The smallest absolute Gasteiger partial charge is 0.0469 e. The summed E-state index contributed by atoms with van der Waals surface area (Å²) in [7, 11) is 0. The molecule has 2 nitrogen and oxygen atoms in total. The van der Waals surface area contributed by atoms with Crippen LogP contribution in [0.3, 0.4) is 0 Å². The monoisotopic (exact) mass is 283 g/mol. The van der Waals surface area contributed by atoms with Gasteiger partial charge in [-0.1, -0.05) is 37.6 Å². The largest absolute Gasteiger partial charge is 0.382 e. The van der Waals surface area contributed by atoms with Crippen LogP contribution in [0.1, 0.15) is 32.8 Å². The molecule has 1 aromatic rings. The van der Waals surface area contributed by atoms with Crippen molar-refractivity contribution in [3.05, 3.63) is 34.9 Å². The molecular formula is C16H26ClNO. The second-order valence-electron chi connectivity index (χ2n) is 5.25. The van der Waals surface area contributed by atoms with Crippen molar-refractivity contribution in [2.45, 2.75) is 39.7 Å². The Labute approximate surface area is 122 Å². The number of hydrogen-bond acceptors (Lipinski definition) is 2. The van der Waals surface area contributed by atoms with Gasteiger partial charge in [-0.3, -0.25) is 0 Å². The molecule has 0 aliphatic rings. The molecule has 0 aliphatic heterocycles. The lowest BCUT2D eigenvalue weighted by molar-refractivity contribution is 0.131. The molecule has 0 fully saturated rings. The molecule has 19 heavy (non-hydrogen) atoms. The van der Waals surface area contributed by atoms with Crippen molar-refractivity contribution in [2.24, 2.45) is 5.92 Å². The first-order valence-corrected chi connectivity index (χ1v) is 7.55. The van der Waals surface area contributed by atoms with E-state index in [0.29, 0.717) is 12.0 Å². The third-order valence-electron chi connectivity index (χ3n) is 3.10. The first-order valence-electron chi connectivity index (χ1n) is 7.17. The number of rotatable bonds is 9. The third kappa shape index (κ3) is 7.56. The molecule has 0 saturated heterocycles. The zero-order valence-corrected chi connectivity index (χ0v) is 13.0. The van der Waals surface area contributed by atoms with Crippen LogP contribution in [-0.2, 0) is 11.2 Å². The van der Waals surface area contributed by atoms with E-state index in [4.69, 9.17) is 16.3 Å². The standard InChI is InChI=1S/C16H26ClNO/c1-4-19-9-8-15(12-18-13(2)3)10-14-6-5-7-16(17)11-14/h5-7,11,13,15,18H,4,8-10,12H2,1-3H3. The Morgan fingerprint density at radius 1 is 1.32 bits per heavy atom. The quantitative estimate of drug-likeness (QED) is 0.694. The number of halogens is 1. The van der Waals surface area contributed by atoms with Crippen molar-refractivity contribution in [3.63, 3.8) is 0 Å². The number of hydrogen-bond donors (Lipinski definition) is 1. The summed E-state index contributed by atoms with van der Waals surface area (Å²) in [5, 5.41) is 4.34. The van der Waals surface area contributed by atoms with Crippen LogP contribution in [-0.4, -0.2) is 25.8 Å². The van der Waals surface area contributed by atoms with Gasteiger partial charge in [0.2, 0.25) is 0 Å². The minimum Gasteiger partial charge on any atom is -0.382 e. The normalized spacial score (nSPS) is 12.9. The Kier molecular flexibility index (Phi) is 8.11. The highest BCUT2D eigenvalue weighted by atomic mass is 35.5. The fraction of sp³-hybridized carbons (Fsp3) is 0.625. The average molecular weight is 284 g/mol. The van der Waals surface area contributed by atoms with Crippen molar-refractivity contribution in [1.82, 2.24) is 5.32 Å². The summed E-state index contributed by atoms with van der Waals surface area (Å²) in [6.07, 6.45) is 2.13. The summed E-state index contributed by atoms with van der Waals surface area (Å²) in [6.45, 7) is 9.05. The van der Waals surface area contributed by atoms with Crippen LogP contribution in [0, 0.1) is 5.92 Å². The lowest BCUT2D eigenvalue weighted by Crippen LogP contribution is -2.30. The van der Waals surface area contributed by atoms with Crippen LogP contribution >= 0.6 is 11.6 Å². The van der Waals surface area contributed by atoms with Crippen molar-refractivity contribution in [3.8, 4) is 0 Å². The Hall–Kier alpha value is -0.570. The molecule has 3 heteroatoms. The highest BCUT2D eigenvalue weighted by Crippen LogP contribution is 2.16. The van der Waals surface area contributed by atoms with Gasteiger partial charge in [-0.2, -0.15) is 0 Å². The molecule has 0 aromatic heterocycles. The maximum atomic E-state index is 6.04. The minimum atomic E-state index is 0.522. The fourth-order valence-corrected chi connectivity index (χ4v) is 2.28. The molecule has 0 saturated carbocycles. The summed E-state index contributed by atoms with van der Waals surface area (Å²) in [5.41, 5.74) is 1.31. The van der Waals surface area contributed by atoms with Gasteiger partial charge in [0.1, 0.15) is 0 Å². The molecule has 0 aliphatic carbocycles. The topological polar surface area (TPSA) is 21.3 Å². The Balaban J connectivity index is 2.51. The van der Waals surface area contributed by atoms with Gasteiger partial charge >= 0.3 is 0 Å². The second-order valence-corrected chi connectivity index (χ2v) is 5.69. The van der Waals surface area contributed by atoms with Crippen LogP contribution in [0.4, 0.5) is 0 Å². The van der Waals surface area contributed by atoms with E-state index in [1.54, 1.807) is 0 Å². The zero-order valence-electron chi connectivity index (χ0n) is 12.3. The molecule has 1 atom stereocenters. The van der Waals surface area contributed by atoms with E-state index in [0.717, 1.165) is 37.6 Å². The zero-order chi connectivity index (χ0) is 14.1. The van der Waals surface area contributed by atoms with Crippen molar-refractivity contribution >= 4 is 11.6 Å². The van der Waals surface area contributed by atoms with E-state index < -0.39 is 0 Å². The lowest BCUT2D eigenvalue weighted by atomic mass is 9.96. The van der Waals surface area contributed by atoms with Crippen LogP contribution in [0.2, 0.25) is 5.02 Å². The molecule has 1 N–H and O–H groups in total. The van der Waals surface area contributed by atoms with E-state index in [2.05, 4.69) is 31.3 Å². The van der Waals surface area contributed by atoms with E-state index in [9.17, 15) is 0 Å². The molecule has 0 bridgehead atoms. The Morgan fingerprint density at radius 3 is 2.74 bits per heavy atom. The molecule has 0 spiro atoms. The summed E-state index contributed by atoms with van der Waals surface area (Å²) in [6, 6.07) is 8.67. The Bertz CT molecular complexity index is 354. The van der Waals surface area contributed by atoms with Crippen LogP contribution in [0.15, 0.2) is 24.3 Å². The van der Waals surface area contributed by atoms with Crippen molar-refractivity contribution in [1.29, 1.82) is 0 Å². The molecular weight excluding hydrogens is 258 g/mol. The van der Waals surface area contributed by atoms with Crippen molar-refractivity contribution < 1.29 is 4.74 Å². The average Bonchev–Trinajstić information content (AvgIpc) is 2.36. The predicted molar refractivity (Wildman–Crippen MR) is 82.9 cm³/mol. The van der Waals surface area contributed by atoms with Gasteiger partial charge in [-0.15, -0.1) is 0 Å².